The van der Waals surface area contributed by atoms with Gasteiger partial charge in [-0.15, -0.1) is 0 Å². The third-order valence-corrected chi connectivity index (χ3v) is 4.49. The van der Waals surface area contributed by atoms with E-state index in [1.807, 2.05) is 0 Å². The average molecular weight is 313 g/mol. The molecule has 0 amide bonds. The maximum atomic E-state index is 5.67. The Balaban J connectivity index is 2.12. The molecule has 1 aliphatic carbocycles. The molecule has 1 aromatic heterocycles. The number of hydrogen-bond donors (Lipinski definition) is 1. The van der Waals surface area contributed by atoms with E-state index in [4.69, 9.17) is 5.73 Å². The van der Waals surface area contributed by atoms with Gasteiger partial charge >= 0.3 is 0 Å². The number of halogens is 1. The van der Waals surface area contributed by atoms with Gasteiger partial charge < -0.3 is 10.6 Å². The van der Waals surface area contributed by atoms with Crippen LogP contribution >= 0.6 is 15.9 Å². The number of nitrogens with zero attached hydrogens (tertiary/aromatic N) is 3. The van der Waals surface area contributed by atoms with Gasteiger partial charge in [0.2, 0.25) is 5.95 Å². The van der Waals surface area contributed by atoms with Crippen molar-refractivity contribution in [1.29, 1.82) is 0 Å². The van der Waals surface area contributed by atoms with E-state index in [1.54, 1.807) is 6.20 Å². The number of anilines is 2. The van der Waals surface area contributed by atoms with Crippen molar-refractivity contribution >= 4 is 27.7 Å². The van der Waals surface area contributed by atoms with Crippen LogP contribution in [-0.4, -0.2) is 23.1 Å². The Morgan fingerprint density at radius 2 is 2.00 bits per heavy atom. The Bertz CT molecular complexity index is 423. The highest BCUT2D eigenvalue weighted by Crippen LogP contribution is 2.38. The van der Waals surface area contributed by atoms with E-state index >= 15 is 0 Å². The molecule has 5 heteroatoms. The van der Waals surface area contributed by atoms with Crippen LogP contribution < -0.4 is 10.6 Å². The maximum Gasteiger partial charge on any atom is 0.222 e. The molecule has 18 heavy (non-hydrogen) atoms. The summed E-state index contributed by atoms with van der Waals surface area (Å²) in [6, 6.07) is 0.545. The Morgan fingerprint density at radius 1 is 1.39 bits per heavy atom. The topological polar surface area (TPSA) is 55.0 Å². The van der Waals surface area contributed by atoms with Crippen LogP contribution in [0.4, 0.5) is 11.8 Å². The lowest BCUT2D eigenvalue weighted by Gasteiger charge is -2.39. The fourth-order valence-corrected chi connectivity index (χ4v) is 3.03. The lowest BCUT2D eigenvalue weighted by molar-refractivity contribution is 0.222. The minimum absolute atomic E-state index is 0.330. The monoisotopic (exact) mass is 312 g/mol. The molecule has 1 heterocycles. The largest absolute Gasteiger partial charge is 0.368 e. The van der Waals surface area contributed by atoms with Crippen molar-refractivity contribution in [3.8, 4) is 0 Å². The van der Waals surface area contributed by atoms with E-state index in [2.05, 4.69) is 51.7 Å². The molecule has 1 aliphatic rings. The van der Waals surface area contributed by atoms with Crippen molar-refractivity contribution in [2.45, 2.75) is 45.6 Å². The van der Waals surface area contributed by atoms with E-state index in [-0.39, 0.29) is 0 Å². The Morgan fingerprint density at radius 3 is 2.61 bits per heavy atom. The van der Waals surface area contributed by atoms with Crippen LogP contribution in [0.5, 0.6) is 0 Å². The Labute approximate surface area is 117 Å². The molecule has 2 N–H and O–H groups in total. The number of hydrogen-bond acceptors (Lipinski definition) is 4. The van der Waals surface area contributed by atoms with Crippen molar-refractivity contribution in [2.75, 3.05) is 17.7 Å². The molecule has 4 nitrogen and oxygen atoms in total. The summed E-state index contributed by atoms with van der Waals surface area (Å²) < 4.78 is 0.907. The molecule has 1 fully saturated rings. The smallest absolute Gasteiger partial charge is 0.222 e. The third-order valence-electron chi connectivity index (χ3n) is 3.93. The van der Waals surface area contributed by atoms with Crippen LogP contribution in [-0.2, 0) is 0 Å². The molecular weight excluding hydrogens is 292 g/mol. The molecular formula is C13H21BrN4. The minimum atomic E-state index is 0.330. The summed E-state index contributed by atoms with van der Waals surface area (Å²) in [7, 11) is 2.09. The van der Waals surface area contributed by atoms with Crippen molar-refractivity contribution in [3.05, 3.63) is 10.7 Å². The number of nitrogens with two attached hydrogens (primary N) is 1. The van der Waals surface area contributed by atoms with E-state index in [0.717, 1.165) is 10.3 Å². The molecule has 0 aliphatic heterocycles. The van der Waals surface area contributed by atoms with Gasteiger partial charge in [-0.2, -0.15) is 4.98 Å². The molecule has 0 atom stereocenters. The normalized spacial score (nSPS) is 19.8. The zero-order chi connectivity index (χ0) is 13.3. The van der Waals surface area contributed by atoms with Gasteiger partial charge in [0.1, 0.15) is 5.82 Å². The Kier molecular flexibility index (Phi) is 3.80. The summed E-state index contributed by atoms with van der Waals surface area (Å²) >= 11 is 3.50. The molecule has 0 unspecified atom stereocenters. The lowest BCUT2D eigenvalue weighted by atomic mass is 9.75. The first kappa shape index (κ1) is 13.6. The first-order valence-electron chi connectivity index (χ1n) is 6.40. The molecule has 1 saturated carbocycles. The molecule has 0 aromatic carbocycles. The third kappa shape index (κ3) is 2.94. The van der Waals surface area contributed by atoms with Crippen LogP contribution in [0.25, 0.3) is 0 Å². The van der Waals surface area contributed by atoms with Gasteiger partial charge in [0, 0.05) is 19.3 Å². The second-order valence-electron chi connectivity index (χ2n) is 5.91. The summed E-state index contributed by atoms with van der Waals surface area (Å²) in [6.07, 6.45) is 6.67. The first-order chi connectivity index (χ1) is 8.39. The van der Waals surface area contributed by atoms with Gasteiger partial charge in [0.15, 0.2) is 0 Å². The standard InChI is InChI=1S/C13H21BrN4/c1-13(2)6-4-9(5-7-13)18(3)11-10(14)8-16-12(15)17-11/h8-9H,4-7H2,1-3H3,(H2,15,16,17). The van der Waals surface area contributed by atoms with Crippen molar-refractivity contribution in [3.63, 3.8) is 0 Å². The molecule has 0 radical (unpaired) electrons. The second-order valence-corrected chi connectivity index (χ2v) is 6.76. The van der Waals surface area contributed by atoms with Crippen molar-refractivity contribution in [2.24, 2.45) is 5.41 Å². The first-order valence-corrected chi connectivity index (χ1v) is 7.19. The van der Waals surface area contributed by atoms with E-state index in [1.165, 1.54) is 25.7 Å². The second kappa shape index (κ2) is 5.03. The van der Waals surface area contributed by atoms with Gasteiger partial charge in [-0.3, -0.25) is 0 Å². The van der Waals surface area contributed by atoms with Gasteiger partial charge in [-0.25, -0.2) is 4.98 Å². The minimum Gasteiger partial charge on any atom is -0.368 e. The molecule has 0 bridgehead atoms. The van der Waals surface area contributed by atoms with Gasteiger partial charge in [0.05, 0.1) is 4.47 Å². The van der Waals surface area contributed by atoms with Crippen LogP contribution in [0.15, 0.2) is 10.7 Å². The van der Waals surface area contributed by atoms with E-state index in [0.29, 0.717) is 17.4 Å². The summed E-state index contributed by atoms with van der Waals surface area (Å²) in [5.74, 6) is 1.23. The lowest BCUT2D eigenvalue weighted by Crippen LogP contribution is -2.38. The fraction of sp³-hybridized carbons (Fsp3) is 0.692. The quantitative estimate of drug-likeness (QED) is 0.911. The summed E-state index contributed by atoms with van der Waals surface area (Å²) in [5, 5.41) is 0. The maximum absolute atomic E-state index is 5.67. The summed E-state index contributed by atoms with van der Waals surface area (Å²) in [5.41, 5.74) is 6.15. The van der Waals surface area contributed by atoms with Crippen LogP contribution in [0.1, 0.15) is 39.5 Å². The van der Waals surface area contributed by atoms with Crippen molar-refractivity contribution < 1.29 is 0 Å². The molecule has 2 rings (SSSR count). The van der Waals surface area contributed by atoms with Crippen LogP contribution in [0, 0.1) is 5.41 Å². The SMILES string of the molecule is CN(c1nc(N)ncc1Br)C1CCC(C)(C)CC1. The summed E-state index contributed by atoms with van der Waals surface area (Å²) in [6.45, 7) is 4.70. The number of rotatable bonds is 2. The predicted molar refractivity (Wildman–Crippen MR) is 78.6 cm³/mol. The highest BCUT2D eigenvalue weighted by atomic mass is 79.9. The zero-order valence-corrected chi connectivity index (χ0v) is 12.9. The van der Waals surface area contributed by atoms with Gasteiger partial charge in [-0.1, -0.05) is 13.8 Å². The van der Waals surface area contributed by atoms with Crippen LogP contribution in [0.2, 0.25) is 0 Å². The fourth-order valence-electron chi connectivity index (χ4n) is 2.56. The van der Waals surface area contributed by atoms with E-state index < -0.39 is 0 Å². The average Bonchev–Trinajstić information content (AvgIpc) is 2.31. The molecule has 0 saturated heterocycles. The highest BCUT2D eigenvalue weighted by molar-refractivity contribution is 9.10. The van der Waals surface area contributed by atoms with E-state index in [9.17, 15) is 0 Å². The number of nitrogen functional groups attached to an aromatic ring is 1. The van der Waals surface area contributed by atoms with Gasteiger partial charge in [0.25, 0.3) is 0 Å². The molecule has 1 aromatic rings. The highest BCUT2D eigenvalue weighted by Gasteiger charge is 2.29. The predicted octanol–water partition coefficient (Wildman–Crippen LogP) is 3.23. The molecule has 0 spiro atoms. The summed E-state index contributed by atoms with van der Waals surface area (Å²) in [4.78, 5) is 10.5. The number of aromatic nitrogens is 2. The molecule has 100 valence electrons. The zero-order valence-electron chi connectivity index (χ0n) is 11.3. The Hall–Kier alpha value is -0.840. The van der Waals surface area contributed by atoms with Crippen molar-refractivity contribution in [1.82, 2.24) is 9.97 Å². The van der Waals surface area contributed by atoms with Gasteiger partial charge in [-0.05, 0) is 47.0 Å². The van der Waals surface area contributed by atoms with Crippen LogP contribution in [0.3, 0.4) is 0 Å².